The number of aromatic hydroxyl groups is 2. The molecule has 0 aliphatic heterocycles. The van der Waals surface area contributed by atoms with Crippen molar-refractivity contribution in [1.29, 1.82) is 0 Å². The topological polar surface area (TPSA) is 262 Å². The van der Waals surface area contributed by atoms with Crippen molar-refractivity contribution in [3.63, 3.8) is 0 Å². The van der Waals surface area contributed by atoms with E-state index in [-0.39, 0.29) is 66.5 Å². The molecule has 5 N–H and O–H groups in total. The molecule has 18 heteroatoms. The van der Waals surface area contributed by atoms with Crippen molar-refractivity contribution in [3.8, 4) is 17.2 Å². The number of nitrogens with zero attached hydrogens (tertiary/aromatic N) is 1. The van der Waals surface area contributed by atoms with E-state index in [2.05, 4.69) is 5.32 Å². The van der Waals surface area contributed by atoms with Crippen LogP contribution >= 0.6 is 0 Å². The molecule has 0 heterocycles. The van der Waals surface area contributed by atoms with Crippen LogP contribution in [0.5, 0.6) is 17.2 Å². The van der Waals surface area contributed by atoms with Gasteiger partial charge in [0, 0.05) is 49.6 Å². The standard InChI is InChI=1S/C42H50N2O16/c1-21(56-3)36(49)27(43-42(55)59-24-10-6-5-9-22(14-15-24)41(54)60-44(2)31(48)13-8-16-45)20-58-30-18-23(28(47)19-46)17-26-33(30)40(53)35-34(38(26)51)37(50)25-11-7-12-29(57-4)32(25)39(35)52/h6-7,10-12,16,21-24,27,30,36,46,49,51,53H,5,8-9,13-15,17-20H2,1-4H3,(H,43,55)/b10-6+/t21?,22?,23?,24?,27?,30-,36?/m0/s1. The van der Waals surface area contributed by atoms with Crippen LogP contribution in [0.3, 0.4) is 0 Å². The summed E-state index contributed by atoms with van der Waals surface area (Å²) in [4.78, 5) is 94.9. The number of fused-ring (bicyclic) bond motifs is 3. The normalized spacial score (nSPS) is 21.6. The quantitative estimate of drug-likeness (QED) is 0.0638. The summed E-state index contributed by atoms with van der Waals surface area (Å²) in [5, 5.41) is 47.8. The Balaban J connectivity index is 1.36. The van der Waals surface area contributed by atoms with E-state index in [0.29, 0.717) is 19.1 Å². The molecule has 2 amide bonds. The Bertz CT molecular complexity index is 2030. The van der Waals surface area contributed by atoms with Gasteiger partial charge in [0.05, 0.1) is 54.6 Å². The number of benzene rings is 2. The average molecular weight is 839 g/mol. The number of aliphatic hydroxyl groups is 2. The van der Waals surface area contributed by atoms with Gasteiger partial charge in [-0.3, -0.25) is 19.2 Å². The van der Waals surface area contributed by atoms with Crippen LogP contribution < -0.4 is 10.1 Å². The van der Waals surface area contributed by atoms with Gasteiger partial charge < -0.3 is 54.3 Å². The minimum absolute atomic E-state index is 0.0156. The lowest BCUT2D eigenvalue weighted by molar-refractivity contribution is -0.197. The van der Waals surface area contributed by atoms with Crippen LogP contribution in [-0.4, -0.2) is 126 Å². The molecular weight excluding hydrogens is 788 g/mol. The third-order valence-corrected chi connectivity index (χ3v) is 11.2. The minimum Gasteiger partial charge on any atom is -0.507 e. The molecule has 0 fully saturated rings. The third-order valence-electron chi connectivity index (χ3n) is 11.2. The number of hydrogen-bond donors (Lipinski definition) is 5. The predicted octanol–water partition coefficient (Wildman–Crippen LogP) is 2.56. The molecule has 7 atom stereocenters. The number of hydroxylamine groups is 2. The molecular formula is C42H50N2O16. The first-order valence-electron chi connectivity index (χ1n) is 19.6. The number of hydrogen-bond acceptors (Lipinski definition) is 16. The Morgan fingerprint density at radius 1 is 1.00 bits per heavy atom. The number of aliphatic hydroxyl groups excluding tert-OH is 2. The highest BCUT2D eigenvalue weighted by atomic mass is 16.7. The van der Waals surface area contributed by atoms with Gasteiger partial charge in [-0.25, -0.2) is 9.59 Å². The van der Waals surface area contributed by atoms with Crippen LogP contribution in [0.15, 0.2) is 30.4 Å². The highest BCUT2D eigenvalue weighted by Gasteiger charge is 2.44. The lowest BCUT2D eigenvalue weighted by Gasteiger charge is -2.35. The summed E-state index contributed by atoms with van der Waals surface area (Å²) in [7, 11) is 3.92. The molecule has 0 spiro atoms. The van der Waals surface area contributed by atoms with Gasteiger partial charge in [-0.2, -0.15) is 5.06 Å². The Kier molecular flexibility index (Phi) is 15.2. The van der Waals surface area contributed by atoms with Gasteiger partial charge in [0.2, 0.25) is 5.78 Å². The second-order valence-electron chi connectivity index (χ2n) is 14.9. The zero-order valence-electron chi connectivity index (χ0n) is 33.7. The SMILES string of the molecule is COc1cccc2c1C(=O)c1c(O)c3c(c(O)c1C2=O)CC(C(=O)CO)C[C@@H]3OCC(NC(=O)OC1/C=C/CCC(C(=O)ON(C)C(=O)CCC=O)CC1)C(O)C(C)OC. The number of rotatable bonds is 15. The number of carbonyl (C=O) groups is 7. The van der Waals surface area contributed by atoms with E-state index in [1.807, 2.05) is 0 Å². The summed E-state index contributed by atoms with van der Waals surface area (Å²) in [5.41, 5.74) is -1.26. The number of ether oxygens (including phenoxy) is 4. The number of alkyl carbamates (subject to hydrolysis) is 1. The van der Waals surface area contributed by atoms with E-state index in [4.69, 9.17) is 23.8 Å². The first kappa shape index (κ1) is 45.4. The average Bonchev–Trinajstić information content (AvgIpc) is 3.23. The predicted molar refractivity (Wildman–Crippen MR) is 207 cm³/mol. The number of phenolic OH excluding ortho intramolecular Hbond substituents is 2. The fourth-order valence-corrected chi connectivity index (χ4v) is 7.73. The molecule has 5 rings (SSSR count). The zero-order valence-corrected chi connectivity index (χ0v) is 33.7. The minimum atomic E-state index is -1.42. The number of ketones is 3. The summed E-state index contributed by atoms with van der Waals surface area (Å²) in [6.45, 7) is 0.180. The van der Waals surface area contributed by atoms with Crippen LogP contribution in [-0.2, 0) is 44.6 Å². The highest BCUT2D eigenvalue weighted by molar-refractivity contribution is 6.31. The van der Waals surface area contributed by atoms with Crippen LogP contribution in [0, 0.1) is 11.8 Å². The van der Waals surface area contributed by atoms with Crippen LogP contribution in [0.2, 0.25) is 0 Å². The molecule has 0 radical (unpaired) electrons. The van der Waals surface area contributed by atoms with Crippen molar-refractivity contribution < 1.29 is 77.8 Å². The Morgan fingerprint density at radius 3 is 2.42 bits per heavy atom. The van der Waals surface area contributed by atoms with Gasteiger partial charge in [-0.05, 0) is 57.6 Å². The van der Waals surface area contributed by atoms with Crippen molar-refractivity contribution in [3.05, 3.63) is 63.7 Å². The van der Waals surface area contributed by atoms with Gasteiger partial charge >= 0.3 is 12.1 Å². The number of nitrogens with one attached hydrogen (secondary N) is 1. The second kappa shape index (κ2) is 20.0. The summed E-state index contributed by atoms with van der Waals surface area (Å²) in [6.07, 6.45) is -0.653. The van der Waals surface area contributed by atoms with Crippen molar-refractivity contribution >= 4 is 41.6 Å². The number of allylic oxidation sites excluding steroid dienone is 1. The van der Waals surface area contributed by atoms with Crippen LogP contribution in [0.1, 0.15) is 101 Å². The van der Waals surface area contributed by atoms with Gasteiger partial charge in [0.1, 0.15) is 42.3 Å². The molecule has 0 saturated carbocycles. The monoisotopic (exact) mass is 838 g/mol. The van der Waals surface area contributed by atoms with Crippen molar-refractivity contribution in [2.24, 2.45) is 11.8 Å². The fraction of sp³-hybridized carbons (Fsp3) is 0.500. The van der Waals surface area contributed by atoms with E-state index in [1.54, 1.807) is 12.2 Å². The molecule has 2 aromatic carbocycles. The summed E-state index contributed by atoms with van der Waals surface area (Å²) in [6, 6.07) is 3.10. The first-order chi connectivity index (χ1) is 28.7. The lowest BCUT2D eigenvalue weighted by Crippen LogP contribution is -2.51. The van der Waals surface area contributed by atoms with E-state index in [0.717, 1.165) is 5.06 Å². The van der Waals surface area contributed by atoms with E-state index >= 15 is 0 Å². The highest BCUT2D eigenvalue weighted by Crippen LogP contribution is 2.51. The van der Waals surface area contributed by atoms with E-state index in [9.17, 15) is 54.0 Å². The maximum Gasteiger partial charge on any atom is 0.408 e. The van der Waals surface area contributed by atoms with Crippen molar-refractivity contribution in [2.75, 3.05) is 34.5 Å². The molecule has 18 nitrogen and oxygen atoms in total. The van der Waals surface area contributed by atoms with Crippen LogP contribution in [0.4, 0.5) is 4.79 Å². The maximum atomic E-state index is 14.0. The number of methoxy groups -OCH3 is 2. The second-order valence-corrected chi connectivity index (χ2v) is 14.9. The van der Waals surface area contributed by atoms with Crippen molar-refractivity contribution in [1.82, 2.24) is 10.4 Å². The van der Waals surface area contributed by atoms with Crippen molar-refractivity contribution in [2.45, 2.75) is 88.7 Å². The maximum absolute atomic E-state index is 14.0. The molecule has 3 aliphatic carbocycles. The van der Waals surface area contributed by atoms with Gasteiger partial charge in [0.15, 0.2) is 11.6 Å². The molecule has 0 aromatic heterocycles. The first-order valence-corrected chi connectivity index (χ1v) is 19.6. The van der Waals surface area contributed by atoms with E-state index < -0.39 is 113 Å². The van der Waals surface area contributed by atoms with Gasteiger partial charge in [0.25, 0.3) is 5.91 Å². The summed E-state index contributed by atoms with van der Waals surface area (Å²) < 4.78 is 22.5. The summed E-state index contributed by atoms with van der Waals surface area (Å²) in [5.74, 6) is -6.22. The molecule has 0 bridgehead atoms. The Morgan fingerprint density at radius 2 is 1.73 bits per heavy atom. The largest absolute Gasteiger partial charge is 0.507 e. The smallest absolute Gasteiger partial charge is 0.408 e. The number of amides is 2. The van der Waals surface area contributed by atoms with Crippen LogP contribution in [0.25, 0.3) is 0 Å². The Hall–Kier alpha value is -5.69. The number of aldehydes is 1. The number of Topliss-reactive ketones (excluding diaryl/α,β-unsaturated/α-hetero) is 1. The molecule has 60 heavy (non-hydrogen) atoms. The zero-order chi connectivity index (χ0) is 43.8. The number of phenols is 2. The van der Waals surface area contributed by atoms with Gasteiger partial charge in [-0.1, -0.05) is 18.2 Å². The molecule has 2 aromatic rings. The number of carbonyl (C=O) groups excluding carboxylic acids is 7. The van der Waals surface area contributed by atoms with Gasteiger partial charge in [-0.15, -0.1) is 0 Å². The third kappa shape index (κ3) is 9.67. The lowest BCUT2D eigenvalue weighted by atomic mass is 9.73. The fourth-order valence-electron chi connectivity index (χ4n) is 7.73. The Labute approximate surface area is 345 Å². The molecule has 3 aliphatic rings. The molecule has 324 valence electrons. The summed E-state index contributed by atoms with van der Waals surface area (Å²) >= 11 is 0. The molecule has 6 unspecified atom stereocenters. The van der Waals surface area contributed by atoms with E-state index in [1.165, 1.54) is 46.4 Å². The molecule has 0 saturated heterocycles.